The van der Waals surface area contributed by atoms with Crippen LogP contribution in [0.5, 0.6) is 0 Å². The molecular formula is C17H27N5O2. The minimum Gasteiger partial charge on any atom is -0.377 e. The first-order valence-electron chi connectivity index (χ1n) is 9.16. The van der Waals surface area contributed by atoms with Crippen molar-refractivity contribution in [3.05, 3.63) is 11.6 Å². The van der Waals surface area contributed by atoms with E-state index in [1.807, 2.05) is 4.68 Å². The molecule has 7 nitrogen and oxygen atoms in total. The molecule has 2 unspecified atom stereocenters. The third-order valence-electron chi connectivity index (χ3n) is 5.42. The Hall–Kier alpha value is -1.63. The molecule has 0 aromatic carbocycles. The van der Waals surface area contributed by atoms with E-state index in [0.717, 1.165) is 37.3 Å². The van der Waals surface area contributed by atoms with E-state index in [4.69, 9.17) is 4.74 Å². The molecule has 7 heteroatoms. The predicted molar refractivity (Wildman–Crippen MR) is 88.4 cm³/mol. The molecule has 2 amide bonds. The van der Waals surface area contributed by atoms with Crippen LogP contribution >= 0.6 is 0 Å². The number of urea groups is 1. The van der Waals surface area contributed by atoms with Crippen LogP contribution in [0, 0.1) is 5.92 Å². The topological polar surface area (TPSA) is 72.3 Å². The molecule has 0 saturated heterocycles. The average molecular weight is 333 g/mol. The van der Waals surface area contributed by atoms with Crippen molar-refractivity contribution < 1.29 is 9.53 Å². The minimum absolute atomic E-state index is 0.114. The number of carbonyl (C=O) groups is 1. The number of amides is 2. The van der Waals surface area contributed by atoms with Gasteiger partial charge in [0.15, 0.2) is 5.82 Å². The lowest BCUT2D eigenvalue weighted by Crippen LogP contribution is -2.52. The second-order valence-electron chi connectivity index (χ2n) is 7.46. The molecule has 2 saturated carbocycles. The van der Waals surface area contributed by atoms with Gasteiger partial charge in [-0.1, -0.05) is 0 Å². The predicted octanol–water partition coefficient (Wildman–Crippen LogP) is 1.71. The number of fused-ring (bicyclic) bond motifs is 1. The van der Waals surface area contributed by atoms with E-state index in [1.54, 1.807) is 7.11 Å². The van der Waals surface area contributed by atoms with Crippen LogP contribution in [-0.4, -0.2) is 50.9 Å². The highest BCUT2D eigenvalue weighted by atomic mass is 16.5. The van der Waals surface area contributed by atoms with E-state index in [0.29, 0.717) is 31.2 Å². The second-order valence-corrected chi connectivity index (χ2v) is 7.46. The monoisotopic (exact) mass is 333 g/mol. The second kappa shape index (κ2) is 6.35. The van der Waals surface area contributed by atoms with E-state index >= 15 is 0 Å². The zero-order valence-electron chi connectivity index (χ0n) is 14.6. The summed E-state index contributed by atoms with van der Waals surface area (Å²) in [6, 6.07) is 1.08. The molecule has 2 fully saturated rings. The Morgan fingerprint density at radius 1 is 1.38 bits per heavy atom. The van der Waals surface area contributed by atoms with Crippen LogP contribution < -0.4 is 5.32 Å². The number of nitrogens with zero attached hydrogens (tertiary/aromatic N) is 4. The van der Waals surface area contributed by atoms with Crippen LogP contribution in [-0.2, 0) is 24.3 Å². The summed E-state index contributed by atoms with van der Waals surface area (Å²) in [5, 5.41) is 7.73. The molecule has 2 heterocycles. The first-order valence-corrected chi connectivity index (χ1v) is 9.16. The highest BCUT2D eigenvalue weighted by Gasteiger charge is 2.42. The fourth-order valence-electron chi connectivity index (χ4n) is 3.76. The third-order valence-corrected chi connectivity index (χ3v) is 5.42. The van der Waals surface area contributed by atoms with Gasteiger partial charge in [-0.3, -0.25) is 0 Å². The molecule has 1 aliphatic heterocycles. The smallest absolute Gasteiger partial charge is 0.318 e. The van der Waals surface area contributed by atoms with Crippen LogP contribution in [0.3, 0.4) is 0 Å². The highest BCUT2D eigenvalue weighted by Crippen LogP contribution is 2.39. The first kappa shape index (κ1) is 15.9. The molecule has 3 aliphatic rings. The van der Waals surface area contributed by atoms with Crippen LogP contribution in [0.2, 0.25) is 0 Å². The number of hydrogen-bond donors (Lipinski definition) is 1. The van der Waals surface area contributed by atoms with Crippen molar-refractivity contribution >= 4 is 6.03 Å². The van der Waals surface area contributed by atoms with Gasteiger partial charge >= 0.3 is 6.03 Å². The number of methoxy groups -OCH3 is 1. The maximum Gasteiger partial charge on any atom is 0.318 e. The molecule has 1 aromatic rings. The summed E-state index contributed by atoms with van der Waals surface area (Å²) in [5.41, 5.74) is 0. The van der Waals surface area contributed by atoms with Gasteiger partial charge in [0.1, 0.15) is 12.4 Å². The number of hydrogen-bond acceptors (Lipinski definition) is 4. The molecule has 0 bridgehead atoms. The van der Waals surface area contributed by atoms with Gasteiger partial charge in [-0.05, 0) is 44.9 Å². The Kier molecular flexibility index (Phi) is 4.20. The molecule has 1 aromatic heterocycles. The van der Waals surface area contributed by atoms with E-state index in [1.165, 1.54) is 12.8 Å². The van der Waals surface area contributed by atoms with Gasteiger partial charge < -0.3 is 15.0 Å². The maximum atomic E-state index is 12.8. The van der Waals surface area contributed by atoms with Crippen molar-refractivity contribution in [3.63, 3.8) is 0 Å². The molecule has 24 heavy (non-hydrogen) atoms. The first-order chi connectivity index (χ1) is 11.7. The van der Waals surface area contributed by atoms with Crippen LogP contribution in [0.25, 0.3) is 0 Å². The lowest BCUT2D eigenvalue weighted by Gasteiger charge is -2.32. The lowest BCUT2D eigenvalue weighted by molar-refractivity contribution is 0.160. The number of rotatable bonds is 6. The molecular weight excluding hydrogens is 306 g/mol. The SMILES string of the molecule is COCc1nc2n(n1)CC(NC(=O)N(C1CC1)C(C)C1CC1)CC2. The number of nitrogens with one attached hydrogen (secondary N) is 1. The molecule has 132 valence electrons. The van der Waals surface area contributed by atoms with Gasteiger partial charge in [-0.25, -0.2) is 14.5 Å². The summed E-state index contributed by atoms with van der Waals surface area (Å²) in [6.07, 6.45) is 6.62. The van der Waals surface area contributed by atoms with Crippen molar-refractivity contribution in [1.29, 1.82) is 0 Å². The summed E-state index contributed by atoms with van der Waals surface area (Å²) in [7, 11) is 1.65. The highest BCUT2D eigenvalue weighted by molar-refractivity contribution is 5.75. The minimum atomic E-state index is 0.114. The standard InChI is InChI=1S/C17H27N5O2/c1-11(12-3-4-12)22(14-6-7-14)17(23)18-13-5-8-16-19-15(10-24-2)20-21(16)9-13/h11-14H,3-10H2,1-2H3,(H,18,23). The number of ether oxygens (including phenoxy) is 1. The Labute approximate surface area is 142 Å². The van der Waals surface area contributed by atoms with Crippen LogP contribution in [0.15, 0.2) is 0 Å². The van der Waals surface area contributed by atoms with E-state index in [2.05, 4.69) is 27.2 Å². The summed E-state index contributed by atoms with van der Waals surface area (Å²) in [4.78, 5) is 19.4. The van der Waals surface area contributed by atoms with Crippen LogP contribution in [0.1, 0.15) is 50.7 Å². The molecule has 0 spiro atoms. The Morgan fingerprint density at radius 3 is 2.83 bits per heavy atom. The fourth-order valence-corrected chi connectivity index (χ4v) is 3.76. The maximum absolute atomic E-state index is 12.8. The van der Waals surface area contributed by atoms with Gasteiger partial charge in [-0.2, -0.15) is 5.10 Å². The van der Waals surface area contributed by atoms with E-state index in [9.17, 15) is 4.79 Å². The summed E-state index contributed by atoms with van der Waals surface area (Å²) < 4.78 is 7.03. The summed E-state index contributed by atoms with van der Waals surface area (Å²) in [5.74, 6) is 2.43. The summed E-state index contributed by atoms with van der Waals surface area (Å²) >= 11 is 0. The van der Waals surface area contributed by atoms with Crippen molar-refractivity contribution in [1.82, 2.24) is 25.0 Å². The van der Waals surface area contributed by atoms with Crippen molar-refractivity contribution in [2.24, 2.45) is 5.92 Å². The Balaban J connectivity index is 1.38. The van der Waals surface area contributed by atoms with Gasteiger partial charge in [0.05, 0.1) is 12.6 Å². The molecule has 2 aliphatic carbocycles. The lowest BCUT2D eigenvalue weighted by atomic mass is 10.1. The van der Waals surface area contributed by atoms with E-state index < -0.39 is 0 Å². The largest absolute Gasteiger partial charge is 0.377 e. The third kappa shape index (κ3) is 3.27. The summed E-state index contributed by atoms with van der Waals surface area (Å²) in [6.45, 7) is 3.35. The normalized spacial score (nSPS) is 24.3. The molecule has 2 atom stereocenters. The Morgan fingerprint density at radius 2 is 2.17 bits per heavy atom. The molecule has 1 N–H and O–H groups in total. The Bertz CT molecular complexity index is 608. The quantitative estimate of drug-likeness (QED) is 0.860. The van der Waals surface area contributed by atoms with Gasteiger partial charge in [-0.15, -0.1) is 0 Å². The van der Waals surface area contributed by atoms with Gasteiger partial charge in [0, 0.05) is 25.6 Å². The van der Waals surface area contributed by atoms with Gasteiger partial charge in [0.25, 0.3) is 0 Å². The molecule has 0 radical (unpaired) electrons. The molecule has 4 rings (SSSR count). The fraction of sp³-hybridized carbons (Fsp3) is 0.824. The zero-order valence-corrected chi connectivity index (χ0v) is 14.6. The average Bonchev–Trinajstić information content (AvgIpc) is 3.44. The van der Waals surface area contributed by atoms with Gasteiger partial charge in [0.2, 0.25) is 0 Å². The number of aromatic nitrogens is 3. The number of aryl methyl sites for hydroxylation is 1. The van der Waals surface area contributed by atoms with Crippen molar-refractivity contribution in [2.75, 3.05) is 7.11 Å². The number of carbonyl (C=O) groups excluding carboxylic acids is 1. The van der Waals surface area contributed by atoms with Crippen molar-refractivity contribution in [2.45, 2.75) is 76.7 Å². The van der Waals surface area contributed by atoms with Crippen LogP contribution in [0.4, 0.5) is 4.79 Å². The zero-order chi connectivity index (χ0) is 16.7. The van der Waals surface area contributed by atoms with E-state index in [-0.39, 0.29) is 12.1 Å². The van der Waals surface area contributed by atoms with Crippen molar-refractivity contribution in [3.8, 4) is 0 Å².